The minimum absolute atomic E-state index is 0.255. The lowest BCUT2D eigenvalue weighted by molar-refractivity contribution is 0.627. The number of halogens is 1. The van der Waals surface area contributed by atoms with Crippen LogP contribution >= 0.6 is 11.3 Å². The van der Waals surface area contributed by atoms with Gasteiger partial charge in [0.1, 0.15) is 11.5 Å². The average Bonchev–Trinajstić information content (AvgIpc) is 3.19. The van der Waals surface area contributed by atoms with Crippen molar-refractivity contribution in [2.45, 2.75) is 6.42 Å². The summed E-state index contributed by atoms with van der Waals surface area (Å²) in [6, 6.07) is 10.3. The lowest BCUT2D eigenvalue weighted by Gasteiger charge is -2.01. The van der Waals surface area contributed by atoms with Crippen LogP contribution in [0.5, 0.6) is 0 Å². The predicted octanol–water partition coefficient (Wildman–Crippen LogP) is 2.98. The monoisotopic (exact) mass is 311 g/mol. The van der Waals surface area contributed by atoms with Gasteiger partial charge in [-0.15, -0.1) is 21.5 Å². The largest absolute Gasteiger partial charge is 0.271 e. The second kappa shape index (κ2) is 5.27. The van der Waals surface area contributed by atoms with Crippen LogP contribution in [-0.2, 0) is 6.42 Å². The minimum atomic E-state index is -0.255. The fourth-order valence-corrected chi connectivity index (χ4v) is 2.85. The number of hydrogen-bond donors (Lipinski definition) is 0. The molecule has 3 heterocycles. The smallest absolute Gasteiger partial charge is 0.216 e. The summed E-state index contributed by atoms with van der Waals surface area (Å²) in [6.07, 6.45) is 2.21. The predicted molar refractivity (Wildman–Crippen MR) is 81.1 cm³/mol. The van der Waals surface area contributed by atoms with E-state index in [1.54, 1.807) is 34.2 Å². The first kappa shape index (κ1) is 13.0. The Bertz CT molecular complexity index is 915. The highest BCUT2D eigenvalue weighted by Crippen LogP contribution is 2.21. The number of thiophene rings is 1. The van der Waals surface area contributed by atoms with Crippen LogP contribution < -0.4 is 0 Å². The second-order valence-electron chi connectivity index (χ2n) is 4.75. The van der Waals surface area contributed by atoms with E-state index in [1.165, 1.54) is 12.1 Å². The molecule has 0 bridgehead atoms. The van der Waals surface area contributed by atoms with E-state index < -0.39 is 0 Å². The minimum Gasteiger partial charge on any atom is -0.216 e. The van der Waals surface area contributed by atoms with Crippen LogP contribution in [0.25, 0.3) is 16.3 Å². The van der Waals surface area contributed by atoms with Crippen molar-refractivity contribution in [3.8, 4) is 10.6 Å². The van der Waals surface area contributed by atoms with Crippen molar-refractivity contribution in [3.63, 3.8) is 0 Å². The molecule has 0 atom stereocenters. The van der Waals surface area contributed by atoms with Crippen molar-refractivity contribution in [3.05, 3.63) is 65.2 Å². The third-order valence-electron chi connectivity index (χ3n) is 3.25. The normalized spacial score (nSPS) is 11.1. The lowest BCUT2D eigenvalue weighted by atomic mass is 10.1. The summed E-state index contributed by atoms with van der Waals surface area (Å²) in [7, 11) is 0. The maximum absolute atomic E-state index is 13.0. The van der Waals surface area contributed by atoms with Crippen molar-refractivity contribution in [2.75, 3.05) is 0 Å². The number of rotatable bonds is 3. The Labute approximate surface area is 129 Å². The third kappa shape index (κ3) is 2.35. The van der Waals surface area contributed by atoms with E-state index in [0.29, 0.717) is 18.0 Å². The maximum Gasteiger partial charge on any atom is 0.271 e. The first-order valence-electron chi connectivity index (χ1n) is 6.65. The van der Waals surface area contributed by atoms with Gasteiger partial charge in [-0.1, -0.05) is 18.2 Å². The molecule has 0 unspecified atom stereocenters. The van der Waals surface area contributed by atoms with Crippen molar-refractivity contribution >= 4 is 17.1 Å². The molecule has 0 radical (unpaired) electrons. The van der Waals surface area contributed by atoms with E-state index in [2.05, 4.69) is 20.3 Å². The van der Waals surface area contributed by atoms with E-state index in [9.17, 15) is 4.39 Å². The molecule has 0 aliphatic carbocycles. The van der Waals surface area contributed by atoms with Crippen LogP contribution in [0.3, 0.4) is 0 Å². The Morgan fingerprint density at radius 1 is 1.09 bits per heavy atom. The average molecular weight is 311 g/mol. The Morgan fingerprint density at radius 3 is 2.73 bits per heavy atom. The van der Waals surface area contributed by atoms with Gasteiger partial charge in [-0.3, -0.25) is 0 Å². The molecule has 0 spiro atoms. The summed E-state index contributed by atoms with van der Waals surface area (Å²) in [5.41, 5.74) is 1.72. The van der Waals surface area contributed by atoms with E-state index in [1.807, 2.05) is 17.5 Å². The molecule has 3 aromatic heterocycles. The molecule has 0 aliphatic heterocycles. The molecule has 7 heteroatoms. The number of benzene rings is 1. The van der Waals surface area contributed by atoms with E-state index >= 15 is 0 Å². The third-order valence-corrected chi connectivity index (χ3v) is 4.14. The van der Waals surface area contributed by atoms with E-state index in [-0.39, 0.29) is 5.82 Å². The highest BCUT2D eigenvalue weighted by Gasteiger charge is 2.11. The molecule has 4 aromatic rings. The zero-order chi connectivity index (χ0) is 14.9. The van der Waals surface area contributed by atoms with Gasteiger partial charge in [0, 0.05) is 6.42 Å². The van der Waals surface area contributed by atoms with Crippen molar-refractivity contribution < 1.29 is 4.39 Å². The van der Waals surface area contributed by atoms with Crippen LogP contribution in [0.4, 0.5) is 4.39 Å². The van der Waals surface area contributed by atoms with Gasteiger partial charge in [0.15, 0.2) is 5.82 Å². The number of hydrogen-bond acceptors (Lipinski definition) is 5. The van der Waals surface area contributed by atoms with Crippen molar-refractivity contribution in [1.29, 1.82) is 0 Å². The summed E-state index contributed by atoms with van der Waals surface area (Å²) < 4.78 is 14.6. The molecule has 108 valence electrons. The van der Waals surface area contributed by atoms with Gasteiger partial charge in [0.05, 0.1) is 11.1 Å². The first-order valence-corrected chi connectivity index (χ1v) is 7.53. The van der Waals surface area contributed by atoms with Gasteiger partial charge in [-0.25, -0.2) is 9.37 Å². The molecular formula is C15H10FN5S. The van der Waals surface area contributed by atoms with Crippen LogP contribution in [0, 0.1) is 5.82 Å². The number of fused-ring (bicyclic) bond motifs is 1. The fraction of sp³-hybridized carbons (Fsp3) is 0.0667. The van der Waals surface area contributed by atoms with Crippen molar-refractivity contribution in [2.24, 2.45) is 0 Å². The number of aromatic nitrogens is 5. The highest BCUT2D eigenvalue weighted by molar-refractivity contribution is 7.13. The summed E-state index contributed by atoms with van der Waals surface area (Å²) in [5, 5.41) is 14.7. The van der Waals surface area contributed by atoms with E-state index in [4.69, 9.17) is 0 Å². The highest BCUT2D eigenvalue weighted by atomic mass is 32.1. The van der Waals surface area contributed by atoms with E-state index in [0.717, 1.165) is 16.1 Å². The van der Waals surface area contributed by atoms with Crippen LogP contribution in [0.15, 0.2) is 48.0 Å². The van der Waals surface area contributed by atoms with Crippen LogP contribution in [0.1, 0.15) is 11.4 Å². The molecule has 4 rings (SSSR count). The maximum atomic E-state index is 13.0. The Morgan fingerprint density at radius 2 is 1.95 bits per heavy atom. The van der Waals surface area contributed by atoms with Gasteiger partial charge < -0.3 is 0 Å². The molecule has 0 aliphatic rings. The van der Waals surface area contributed by atoms with Gasteiger partial charge >= 0.3 is 0 Å². The summed E-state index contributed by atoms with van der Waals surface area (Å²) in [6.45, 7) is 0. The molecule has 1 aromatic carbocycles. The molecule has 0 amide bonds. The standard InChI is InChI=1S/C15H10FN5S/c16-11-5-3-10(4-6-11)8-14-18-19-15-17-9-12(20-21(14)15)13-2-1-7-22-13/h1-7,9H,8H2. The Kier molecular flexibility index (Phi) is 3.12. The quantitative estimate of drug-likeness (QED) is 0.583. The SMILES string of the molecule is Fc1ccc(Cc2nnc3ncc(-c4cccs4)nn23)cc1. The molecule has 0 saturated heterocycles. The second-order valence-corrected chi connectivity index (χ2v) is 5.70. The molecular weight excluding hydrogens is 301 g/mol. The van der Waals surface area contributed by atoms with Crippen molar-refractivity contribution in [1.82, 2.24) is 24.8 Å². The molecule has 0 N–H and O–H groups in total. The topological polar surface area (TPSA) is 56.0 Å². The van der Waals surface area contributed by atoms with Gasteiger partial charge in [0.25, 0.3) is 5.78 Å². The Balaban J connectivity index is 1.74. The Hall–Kier alpha value is -2.67. The van der Waals surface area contributed by atoms with Gasteiger partial charge in [-0.05, 0) is 29.1 Å². The van der Waals surface area contributed by atoms with Crippen LogP contribution in [0.2, 0.25) is 0 Å². The molecule has 22 heavy (non-hydrogen) atoms. The summed E-state index contributed by atoms with van der Waals surface area (Å²) in [5.74, 6) is 0.875. The molecule has 0 saturated carbocycles. The van der Waals surface area contributed by atoms with Gasteiger partial charge in [0.2, 0.25) is 0 Å². The van der Waals surface area contributed by atoms with Gasteiger partial charge in [-0.2, -0.15) is 9.61 Å². The van der Waals surface area contributed by atoms with Crippen LogP contribution in [-0.4, -0.2) is 24.8 Å². The zero-order valence-corrected chi connectivity index (χ0v) is 12.2. The molecule has 5 nitrogen and oxygen atoms in total. The summed E-state index contributed by atoms with van der Waals surface area (Å²) in [4.78, 5) is 5.32. The fourth-order valence-electron chi connectivity index (χ4n) is 2.17. The lowest BCUT2D eigenvalue weighted by Crippen LogP contribution is -2.02. The molecule has 0 fully saturated rings. The number of nitrogens with zero attached hydrogens (tertiary/aromatic N) is 5. The zero-order valence-electron chi connectivity index (χ0n) is 11.3. The summed E-state index contributed by atoms with van der Waals surface area (Å²) >= 11 is 1.60. The first-order chi connectivity index (χ1) is 10.8.